The van der Waals surface area contributed by atoms with Crippen LogP contribution in [0, 0.1) is 0 Å². The Hall–Kier alpha value is -2.76. The molecular formula is C15H14N2O4. The zero-order valence-electron chi connectivity index (χ0n) is 11.4. The average Bonchev–Trinajstić information content (AvgIpc) is 3.08. The highest BCUT2D eigenvalue weighted by Crippen LogP contribution is 2.13. The fraction of sp³-hybridized carbons (Fsp3) is 0.200. The molecule has 108 valence electrons. The molecule has 0 aliphatic rings. The molecule has 0 bridgehead atoms. The van der Waals surface area contributed by atoms with Crippen LogP contribution < -0.4 is 11.1 Å². The standard InChI is InChI=1S/C15H14N2O4/c1-10(12-7-4-8-20-12)16-14(18)9-17-11-5-2-3-6-13(11)21-15(17)19/h2-8,10H,9H2,1H3,(H,16,18)/t10-/m1/s1. The number of furan rings is 1. The smallest absolute Gasteiger partial charge is 0.420 e. The number of benzene rings is 1. The number of hydrogen-bond donors (Lipinski definition) is 1. The van der Waals surface area contributed by atoms with Gasteiger partial charge in [-0.25, -0.2) is 4.79 Å². The van der Waals surface area contributed by atoms with Crippen LogP contribution in [0.1, 0.15) is 18.7 Å². The van der Waals surface area contributed by atoms with Gasteiger partial charge in [0.2, 0.25) is 5.91 Å². The highest BCUT2D eigenvalue weighted by molar-refractivity contribution is 5.79. The van der Waals surface area contributed by atoms with Crippen LogP contribution in [-0.4, -0.2) is 10.5 Å². The Morgan fingerprint density at radius 3 is 2.86 bits per heavy atom. The Balaban J connectivity index is 1.78. The lowest BCUT2D eigenvalue weighted by Gasteiger charge is -2.11. The van der Waals surface area contributed by atoms with Crippen molar-refractivity contribution < 1.29 is 13.6 Å². The van der Waals surface area contributed by atoms with Gasteiger partial charge in [0.1, 0.15) is 12.3 Å². The predicted octanol–water partition coefficient (Wildman–Crippen LogP) is 2.06. The lowest BCUT2D eigenvalue weighted by molar-refractivity contribution is -0.122. The summed E-state index contributed by atoms with van der Waals surface area (Å²) in [7, 11) is 0. The first-order valence-corrected chi connectivity index (χ1v) is 6.56. The van der Waals surface area contributed by atoms with Gasteiger partial charge in [0, 0.05) is 0 Å². The van der Waals surface area contributed by atoms with Crippen LogP contribution in [0.5, 0.6) is 0 Å². The summed E-state index contributed by atoms with van der Waals surface area (Å²) in [5, 5.41) is 2.78. The number of nitrogens with zero attached hydrogens (tertiary/aromatic N) is 1. The minimum atomic E-state index is -0.544. The van der Waals surface area contributed by atoms with Gasteiger partial charge < -0.3 is 14.2 Å². The van der Waals surface area contributed by atoms with E-state index in [1.165, 1.54) is 4.57 Å². The van der Waals surface area contributed by atoms with Gasteiger partial charge >= 0.3 is 5.76 Å². The van der Waals surface area contributed by atoms with Gasteiger partial charge in [-0.05, 0) is 31.2 Å². The van der Waals surface area contributed by atoms with Crippen molar-refractivity contribution in [3.8, 4) is 0 Å². The van der Waals surface area contributed by atoms with Gasteiger partial charge in [-0.15, -0.1) is 0 Å². The molecule has 0 aliphatic heterocycles. The van der Waals surface area contributed by atoms with Gasteiger partial charge in [-0.3, -0.25) is 9.36 Å². The number of para-hydroxylation sites is 2. The monoisotopic (exact) mass is 286 g/mol. The van der Waals surface area contributed by atoms with E-state index in [9.17, 15) is 9.59 Å². The highest BCUT2D eigenvalue weighted by Gasteiger charge is 2.15. The zero-order chi connectivity index (χ0) is 14.8. The fourth-order valence-electron chi connectivity index (χ4n) is 2.20. The summed E-state index contributed by atoms with van der Waals surface area (Å²) in [6.07, 6.45) is 1.55. The second-order valence-corrected chi connectivity index (χ2v) is 4.73. The third-order valence-electron chi connectivity index (χ3n) is 3.22. The molecule has 0 aliphatic carbocycles. The largest absolute Gasteiger partial charge is 0.467 e. The zero-order valence-corrected chi connectivity index (χ0v) is 11.4. The van der Waals surface area contributed by atoms with Crippen LogP contribution in [0.25, 0.3) is 11.1 Å². The van der Waals surface area contributed by atoms with Gasteiger partial charge in [-0.2, -0.15) is 0 Å². The van der Waals surface area contributed by atoms with Crippen LogP contribution in [0.15, 0.2) is 56.3 Å². The van der Waals surface area contributed by atoms with Gasteiger partial charge in [0.25, 0.3) is 0 Å². The molecule has 1 atom stereocenters. The Morgan fingerprint density at radius 1 is 1.29 bits per heavy atom. The van der Waals surface area contributed by atoms with Crippen molar-refractivity contribution in [3.05, 3.63) is 59.0 Å². The maximum atomic E-state index is 12.1. The molecule has 0 unspecified atom stereocenters. The number of nitrogens with one attached hydrogen (secondary N) is 1. The first-order valence-electron chi connectivity index (χ1n) is 6.56. The van der Waals surface area contributed by atoms with E-state index in [2.05, 4.69) is 5.32 Å². The van der Waals surface area contributed by atoms with Gasteiger partial charge in [-0.1, -0.05) is 12.1 Å². The Kier molecular flexibility index (Phi) is 3.35. The molecule has 21 heavy (non-hydrogen) atoms. The van der Waals surface area contributed by atoms with Crippen molar-refractivity contribution in [2.45, 2.75) is 19.5 Å². The number of aromatic nitrogens is 1. The van der Waals surface area contributed by atoms with E-state index < -0.39 is 5.76 Å². The summed E-state index contributed by atoms with van der Waals surface area (Å²) in [4.78, 5) is 23.8. The molecule has 2 heterocycles. The third-order valence-corrected chi connectivity index (χ3v) is 3.22. The van der Waals surface area contributed by atoms with E-state index in [4.69, 9.17) is 8.83 Å². The summed E-state index contributed by atoms with van der Waals surface area (Å²) in [5.41, 5.74) is 1.07. The molecule has 3 rings (SSSR count). The van der Waals surface area contributed by atoms with Crippen molar-refractivity contribution >= 4 is 17.0 Å². The molecule has 6 nitrogen and oxygen atoms in total. The molecule has 0 radical (unpaired) electrons. The minimum absolute atomic E-state index is 0.0963. The SMILES string of the molecule is C[C@@H](NC(=O)Cn1c(=O)oc2ccccc21)c1ccco1. The number of rotatable bonds is 4. The molecule has 0 fully saturated rings. The summed E-state index contributed by atoms with van der Waals surface area (Å²) in [6.45, 7) is 1.72. The lowest BCUT2D eigenvalue weighted by Crippen LogP contribution is -2.32. The van der Waals surface area contributed by atoms with Gasteiger partial charge in [0.15, 0.2) is 5.58 Å². The second-order valence-electron chi connectivity index (χ2n) is 4.73. The predicted molar refractivity (Wildman–Crippen MR) is 75.7 cm³/mol. The molecule has 0 spiro atoms. The Labute approximate surface area is 120 Å². The van der Waals surface area contributed by atoms with E-state index in [1.54, 1.807) is 42.7 Å². The van der Waals surface area contributed by atoms with Crippen molar-refractivity contribution in [2.24, 2.45) is 0 Å². The van der Waals surface area contributed by atoms with E-state index >= 15 is 0 Å². The quantitative estimate of drug-likeness (QED) is 0.796. The molecule has 1 amide bonds. The number of amides is 1. The molecule has 3 aromatic rings. The molecule has 2 aromatic heterocycles. The van der Waals surface area contributed by atoms with Crippen molar-refractivity contribution in [1.29, 1.82) is 0 Å². The topological polar surface area (TPSA) is 77.4 Å². The van der Waals surface area contributed by atoms with E-state index in [0.29, 0.717) is 16.9 Å². The molecule has 6 heteroatoms. The number of carbonyl (C=O) groups excluding carboxylic acids is 1. The fourth-order valence-corrected chi connectivity index (χ4v) is 2.20. The first-order chi connectivity index (χ1) is 10.1. The molecule has 0 saturated heterocycles. The highest BCUT2D eigenvalue weighted by atomic mass is 16.4. The van der Waals surface area contributed by atoms with E-state index in [-0.39, 0.29) is 18.5 Å². The minimum Gasteiger partial charge on any atom is -0.467 e. The van der Waals surface area contributed by atoms with Crippen molar-refractivity contribution in [3.63, 3.8) is 0 Å². The first kappa shape index (κ1) is 13.2. The molecule has 1 aromatic carbocycles. The van der Waals surface area contributed by atoms with Crippen LogP contribution in [0.2, 0.25) is 0 Å². The van der Waals surface area contributed by atoms with E-state index in [0.717, 1.165) is 0 Å². The Morgan fingerprint density at radius 2 is 2.10 bits per heavy atom. The van der Waals surface area contributed by atoms with Crippen molar-refractivity contribution in [2.75, 3.05) is 0 Å². The van der Waals surface area contributed by atoms with Crippen molar-refractivity contribution in [1.82, 2.24) is 9.88 Å². The number of fused-ring (bicyclic) bond motifs is 1. The third kappa shape index (κ3) is 2.60. The van der Waals surface area contributed by atoms with E-state index in [1.807, 2.05) is 6.92 Å². The maximum absolute atomic E-state index is 12.1. The summed E-state index contributed by atoms with van der Waals surface area (Å²) >= 11 is 0. The summed E-state index contributed by atoms with van der Waals surface area (Å²) < 4.78 is 11.6. The number of oxazole rings is 1. The normalized spacial score (nSPS) is 12.4. The summed E-state index contributed by atoms with van der Waals surface area (Å²) in [5.74, 6) is -0.169. The lowest BCUT2D eigenvalue weighted by atomic mass is 10.2. The maximum Gasteiger partial charge on any atom is 0.420 e. The number of carbonyl (C=O) groups is 1. The average molecular weight is 286 g/mol. The van der Waals surface area contributed by atoms with Crippen LogP contribution in [-0.2, 0) is 11.3 Å². The van der Waals surface area contributed by atoms with Crippen LogP contribution in [0.4, 0.5) is 0 Å². The second kappa shape index (κ2) is 5.32. The van der Waals surface area contributed by atoms with Crippen LogP contribution >= 0.6 is 0 Å². The Bertz CT molecular complexity index is 814. The summed E-state index contributed by atoms with van der Waals surface area (Å²) in [6, 6.07) is 10.3. The van der Waals surface area contributed by atoms with Crippen LogP contribution in [0.3, 0.4) is 0 Å². The van der Waals surface area contributed by atoms with Gasteiger partial charge in [0.05, 0.1) is 17.8 Å². The number of hydrogen-bond acceptors (Lipinski definition) is 4. The molecule has 1 N–H and O–H groups in total. The molecular weight excluding hydrogens is 272 g/mol. The molecule has 0 saturated carbocycles.